The van der Waals surface area contributed by atoms with Crippen molar-refractivity contribution in [2.24, 2.45) is 5.73 Å². The van der Waals surface area contributed by atoms with Gasteiger partial charge in [-0.3, -0.25) is 4.79 Å². The quantitative estimate of drug-likeness (QED) is 0.657. The van der Waals surface area contributed by atoms with Crippen LogP contribution in [-0.2, 0) is 22.5 Å². The maximum Gasteiger partial charge on any atom is 0.323 e. The molecular weight excluding hydrogens is 203 g/mol. The number of nitrogens with zero attached hydrogens (tertiary/aromatic N) is 3. The van der Waals surface area contributed by atoms with Gasteiger partial charge in [0.2, 0.25) is 0 Å². The molecule has 1 rings (SSSR count). The van der Waals surface area contributed by atoms with E-state index in [4.69, 9.17) is 5.73 Å². The summed E-state index contributed by atoms with van der Waals surface area (Å²) in [5, 5.41) is 7.41. The molecule has 0 aliphatic heterocycles. The van der Waals surface area contributed by atoms with E-state index in [1.807, 2.05) is 0 Å². The maximum atomic E-state index is 11.9. The zero-order valence-corrected chi connectivity index (χ0v) is 8.39. The van der Waals surface area contributed by atoms with Crippen LogP contribution in [0.1, 0.15) is 5.69 Å². The van der Waals surface area contributed by atoms with Crippen molar-refractivity contribution in [3.05, 3.63) is 11.9 Å². The summed E-state index contributed by atoms with van der Waals surface area (Å²) >= 11 is 0. The molecule has 6 nitrogen and oxygen atoms in total. The van der Waals surface area contributed by atoms with E-state index in [1.54, 1.807) is 6.20 Å². The largest absolute Gasteiger partial charge is 0.468 e. The minimum absolute atomic E-state index is 0.153. The lowest BCUT2D eigenvalue weighted by atomic mass is 10.2. The number of carbonyl (C=O) groups excluding carboxylic acids is 1. The molecule has 0 aliphatic carbocycles. The number of esters is 1. The van der Waals surface area contributed by atoms with Crippen molar-refractivity contribution in [2.75, 3.05) is 13.8 Å². The number of rotatable bonds is 5. The van der Waals surface area contributed by atoms with Gasteiger partial charge in [-0.15, -0.1) is 5.10 Å². The summed E-state index contributed by atoms with van der Waals surface area (Å²) in [6, 6.07) is -0.759. The van der Waals surface area contributed by atoms with Crippen LogP contribution in [0.15, 0.2) is 6.20 Å². The standard InChI is InChI=1S/C8H13FN4O2/c1-15-8(14)7(10)4-6-5-13(3-2-9)12-11-6/h5,7H,2-4,10H2,1H3. The number of aryl methyl sites for hydroxylation is 1. The molecule has 1 atom stereocenters. The number of hydrogen-bond acceptors (Lipinski definition) is 5. The highest BCUT2D eigenvalue weighted by molar-refractivity contribution is 5.75. The minimum Gasteiger partial charge on any atom is -0.468 e. The first kappa shape index (κ1) is 11.6. The van der Waals surface area contributed by atoms with Gasteiger partial charge in [-0.1, -0.05) is 5.21 Å². The Balaban J connectivity index is 2.53. The third-order valence-corrected chi connectivity index (χ3v) is 1.83. The lowest BCUT2D eigenvalue weighted by Crippen LogP contribution is -2.33. The molecular formula is C8H13FN4O2. The highest BCUT2D eigenvalue weighted by Gasteiger charge is 2.16. The molecule has 0 bridgehead atoms. The summed E-state index contributed by atoms with van der Waals surface area (Å²) in [5.74, 6) is -0.505. The molecule has 0 saturated carbocycles. The molecule has 7 heteroatoms. The Morgan fingerprint density at radius 2 is 2.53 bits per heavy atom. The molecule has 0 aliphatic rings. The minimum atomic E-state index is -0.759. The van der Waals surface area contributed by atoms with Gasteiger partial charge in [0.1, 0.15) is 12.7 Å². The van der Waals surface area contributed by atoms with E-state index in [2.05, 4.69) is 15.0 Å². The van der Waals surface area contributed by atoms with E-state index in [1.165, 1.54) is 11.8 Å². The fourth-order valence-corrected chi connectivity index (χ4v) is 1.09. The van der Waals surface area contributed by atoms with Crippen LogP contribution in [0.5, 0.6) is 0 Å². The van der Waals surface area contributed by atoms with Gasteiger partial charge in [-0.05, 0) is 0 Å². The fourth-order valence-electron chi connectivity index (χ4n) is 1.09. The first-order chi connectivity index (χ1) is 7.17. The molecule has 0 fully saturated rings. The smallest absolute Gasteiger partial charge is 0.323 e. The summed E-state index contributed by atoms with van der Waals surface area (Å²) in [6.07, 6.45) is 1.79. The first-order valence-corrected chi connectivity index (χ1v) is 4.45. The molecule has 0 amide bonds. The van der Waals surface area contributed by atoms with Crippen LogP contribution in [0.3, 0.4) is 0 Å². The van der Waals surface area contributed by atoms with Gasteiger partial charge in [-0.25, -0.2) is 9.07 Å². The molecule has 1 aromatic heterocycles. The van der Waals surface area contributed by atoms with Crippen molar-refractivity contribution < 1.29 is 13.9 Å². The molecule has 1 unspecified atom stereocenters. The Kier molecular flexibility index (Phi) is 4.17. The van der Waals surface area contributed by atoms with E-state index in [0.29, 0.717) is 5.69 Å². The zero-order chi connectivity index (χ0) is 11.3. The third kappa shape index (κ3) is 3.28. The Bertz CT molecular complexity index is 328. The van der Waals surface area contributed by atoms with Crippen molar-refractivity contribution in [2.45, 2.75) is 19.0 Å². The number of carbonyl (C=O) groups is 1. The van der Waals surface area contributed by atoms with Crippen molar-refractivity contribution in [3.63, 3.8) is 0 Å². The number of methoxy groups -OCH3 is 1. The van der Waals surface area contributed by atoms with E-state index in [9.17, 15) is 9.18 Å². The summed E-state index contributed by atoms with van der Waals surface area (Å²) < 4.78 is 17.8. The maximum absolute atomic E-state index is 11.9. The second-order valence-electron chi connectivity index (χ2n) is 3.00. The number of hydrogen-bond donors (Lipinski definition) is 1. The predicted molar refractivity (Wildman–Crippen MR) is 49.7 cm³/mol. The number of halogens is 1. The topological polar surface area (TPSA) is 83.0 Å². The van der Waals surface area contributed by atoms with Crippen LogP contribution >= 0.6 is 0 Å². The van der Waals surface area contributed by atoms with Crippen LogP contribution in [0.25, 0.3) is 0 Å². The van der Waals surface area contributed by atoms with E-state index < -0.39 is 18.7 Å². The SMILES string of the molecule is COC(=O)C(N)Cc1cn(CCF)nn1. The van der Waals surface area contributed by atoms with Crippen molar-refractivity contribution >= 4 is 5.97 Å². The van der Waals surface area contributed by atoms with Crippen molar-refractivity contribution in [1.82, 2.24) is 15.0 Å². The van der Waals surface area contributed by atoms with Gasteiger partial charge >= 0.3 is 5.97 Å². The molecule has 1 heterocycles. The molecule has 0 aromatic carbocycles. The normalized spacial score (nSPS) is 12.5. The second-order valence-corrected chi connectivity index (χ2v) is 3.00. The molecule has 84 valence electrons. The number of nitrogens with two attached hydrogens (primary N) is 1. The van der Waals surface area contributed by atoms with Gasteiger partial charge in [0.15, 0.2) is 0 Å². The van der Waals surface area contributed by atoms with Crippen LogP contribution in [0, 0.1) is 0 Å². The van der Waals surface area contributed by atoms with E-state index >= 15 is 0 Å². The first-order valence-electron chi connectivity index (χ1n) is 4.45. The van der Waals surface area contributed by atoms with Crippen LogP contribution in [0.4, 0.5) is 4.39 Å². The van der Waals surface area contributed by atoms with Crippen LogP contribution < -0.4 is 5.73 Å². The Hall–Kier alpha value is -1.50. The lowest BCUT2D eigenvalue weighted by molar-refractivity contribution is -0.142. The summed E-state index contributed by atoms with van der Waals surface area (Å²) in [7, 11) is 1.27. The lowest BCUT2D eigenvalue weighted by Gasteiger charge is -2.05. The average Bonchev–Trinajstić information content (AvgIpc) is 2.65. The van der Waals surface area contributed by atoms with E-state index in [-0.39, 0.29) is 13.0 Å². The zero-order valence-electron chi connectivity index (χ0n) is 8.39. The molecule has 1 aromatic rings. The highest BCUT2D eigenvalue weighted by Crippen LogP contribution is 1.99. The number of ether oxygens (including phenoxy) is 1. The van der Waals surface area contributed by atoms with Crippen molar-refractivity contribution in [3.8, 4) is 0 Å². The second kappa shape index (κ2) is 5.40. The molecule has 0 radical (unpaired) electrons. The van der Waals surface area contributed by atoms with Gasteiger partial charge in [0, 0.05) is 12.6 Å². The number of alkyl halides is 1. The van der Waals surface area contributed by atoms with Crippen molar-refractivity contribution in [1.29, 1.82) is 0 Å². The fraction of sp³-hybridized carbons (Fsp3) is 0.625. The Morgan fingerprint density at radius 3 is 3.13 bits per heavy atom. The van der Waals surface area contributed by atoms with Gasteiger partial charge in [-0.2, -0.15) is 0 Å². The summed E-state index contributed by atoms with van der Waals surface area (Å²) in [5.41, 5.74) is 6.06. The average molecular weight is 216 g/mol. The summed E-state index contributed by atoms with van der Waals surface area (Å²) in [6.45, 7) is -0.355. The van der Waals surface area contributed by atoms with Gasteiger partial charge < -0.3 is 10.5 Å². The van der Waals surface area contributed by atoms with Gasteiger partial charge in [0.05, 0.1) is 19.3 Å². The molecule has 0 spiro atoms. The molecule has 2 N–H and O–H groups in total. The predicted octanol–water partition coefficient (Wildman–Crippen LogP) is -0.710. The summed E-state index contributed by atoms with van der Waals surface area (Å²) in [4.78, 5) is 11.0. The monoisotopic (exact) mass is 216 g/mol. The van der Waals surface area contributed by atoms with Crippen LogP contribution in [-0.4, -0.2) is 40.8 Å². The Morgan fingerprint density at radius 1 is 1.80 bits per heavy atom. The highest BCUT2D eigenvalue weighted by atomic mass is 19.1. The third-order valence-electron chi connectivity index (χ3n) is 1.83. The molecule has 15 heavy (non-hydrogen) atoms. The van der Waals surface area contributed by atoms with E-state index in [0.717, 1.165) is 0 Å². The molecule has 0 saturated heterocycles. The number of aromatic nitrogens is 3. The van der Waals surface area contributed by atoms with Crippen LogP contribution in [0.2, 0.25) is 0 Å². The van der Waals surface area contributed by atoms with Gasteiger partial charge in [0.25, 0.3) is 0 Å². The Labute approximate surface area is 86.2 Å².